The fourth-order valence-corrected chi connectivity index (χ4v) is 1.97. The van der Waals surface area contributed by atoms with Crippen molar-refractivity contribution in [1.29, 1.82) is 0 Å². The number of aromatic nitrogens is 3. The number of nitrogens with zero attached hydrogens (tertiary/aromatic N) is 3. The van der Waals surface area contributed by atoms with E-state index in [0.717, 1.165) is 24.5 Å². The van der Waals surface area contributed by atoms with Crippen molar-refractivity contribution in [1.82, 2.24) is 14.8 Å². The second-order valence-electron chi connectivity index (χ2n) is 5.60. The molecular formula is C12H22ClN3. The zero-order valence-electron chi connectivity index (χ0n) is 10.9. The summed E-state index contributed by atoms with van der Waals surface area (Å²) in [6, 6.07) is 0. The zero-order valence-corrected chi connectivity index (χ0v) is 11.7. The summed E-state index contributed by atoms with van der Waals surface area (Å²) in [5.74, 6) is 3.03. The van der Waals surface area contributed by atoms with E-state index in [4.69, 9.17) is 11.6 Å². The Bertz CT molecular complexity index is 337. The summed E-state index contributed by atoms with van der Waals surface area (Å²) in [6.07, 6.45) is 2.11. The van der Waals surface area contributed by atoms with E-state index in [1.165, 1.54) is 0 Å². The summed E-state index contributed by atoms with van der Waals surface area (Å²) in [7, 11) is 0. The zero-order chi connectivity index (χ0) is 12.3. The molecule has 0 saturated carbocycles. The molecule has 1 rings (SSSR count). The Morgan fingerprint density at radius 2 is 1.75 bits per heavy atom. The smallest absolute Gasteiger partial charge is 0.148 e. The van der Waals surface area contributed by atoms with Gasteiger partial charge in [-0.1, -0.05) is 13.8 Å². The monoisotopic (exact) mass is 243 g/mol. The highest BCUT2D eigenvalue weighted by Gasteiger charge is 2.22. The van der Waals surface area contributed by atoms with Gasteiger partial charge in [-0.3, -0.25) is 0 Å². The van der Waals surface area contributed by atoms with Crippen molar-refractivity contribution < 1.29 is 0 Å². The predicted octanol–water partition coefficient (Wildman–Crippen LogP) is 3.36. The fourth-order valence-electron chi connectivity index (χ4n) is 1.79. The lowest BCUT2D eigenvalue weighted by Crippen LogP contribution is -2.26. The van der Waals surface area contributed by atoms with Gasteiger partial charge in [0.1, 0.15) is 11.6 Å². The van der Waals surface area contributed by atoms with Crippen LogP contribution < -0.4 is 0 Å². The first kappa shape index (κ1) is 13.5. The van der Waals surface area contributed by atoms with Gasteiger partial charge in [0, 0.05) is 12.0 Å². The number of hydrogen-bond acceptors (Lipinski definition) is 2. The molecule has 0 bridgehead atoms. The van der Waals surface area contributed by atoms with E-state index in [2.05, 4.69) is 49.4 Å². The van der Waals surface area contributed by atoms with Gasteiger partial charge in [-0.05, 0) is 33.1 Å². The van der Waals surface area contributed by atoms with Gasteiger partial charge in [0.05, 0.1) is 5.88 Å². The molecule has 4 heteroatoms. The summed E-state index contributed by atoms with van der Waals surface area (Å²) < 4.78 is 2.17. The molecule has 3 nitrogen and oxygen atoms in total. The molecule has 0 saturated heterocycles. The van der Waals surface area contributed by atoms with E-state index in [9.17, 15) is 0 Å². The number of rotatable bonds is 4. The van der Waals surface area contributed by atoms with Crippen LogP contribution in [0.15, 0.2) is 0 Å². The maximum atomic E-state index is 5.89. The molecule has 0 unspecified atom stereocenters. The lowest BCUT2D eigenvalue weighted by atomic mass is 10.1. The van der Waals surface area contributed by atoms with Gasteiger partial charge < -0.3 is 4.57 Å². The summed E-state index contributed by atoms with van der Waals surface area (Å²) in [5.41, 5.74) is 0.0000359. The van der Waals surface area contributed by atoms with Gasteiger partial charge in [-0.2, -0.15) is 0 Å². The first-order valence-corrected chi connectivity index (χ1v) is 6.39. The maximum absolute atomic E-state index is 5.89. The van der Waals surface area contributed by atoms with Crippen LogP contribution >= 0.6 is 11.6 Å². The van der Waals surface area contributed by atoms with Gasteiger partial charge in [0.15, 0.2) is 0 Å². The van der Waals surface area contributed by atoms with E-state index >= 15 is 0 Å². The van der Waals surface area contributed by atoms with Crippen LogP contribution in [0.2, 0.25) is 0 Å². The van der Waals surface area contributed by atoms with Crippen LogP contribution in [0, 0.1) is 5.92 Å². The van der Waals surface area contributed by atoms with Crippen LogP contribution in [0.3, 0.4) is 0 Å². The highest BCUT2D eigenvalue weighted by atomic mass is 35.5. The summed E-state index contributed by atoms with van der Waals surface area (Å²) in [6.45, 7) is 10.9. The molecule has 0 fully saturated rings. The minimum absolute atomic E-state index is 0.0000359. The lowest BCUT2D eigenvalue weighted by molar-refractivity contribution is 0.368. The van der Waals surface area contributed by atoms with Crippen molar-refractivity contribution in [3.05, 3.63) is 11.6 Å². The van der Waals surface area contributed by atoms with Crippen molar-refractivity contribution in [2.24, 2.45) is 5.92 Å². The second kappa shape index (κ2) is 5.17. The largest absolute Gasteiger partial charge is 0.309 e. The van der Waals surface area contributed by atoms with E-state index in [1.54, 1.807) is 0 Å². The van der Waals surface area contributed by atoms with Gasteiger partial charge >= 0.3 is 0 Å². The fraction of sp³-hybridized carbons (Fsp3) is 0.833. The molecule has 1 heterocycles. The molecule has 1 aromatic heterocycles. The SMILES string of the molecule is CC(C)CCc1nnc(CCl)n1C(C)(C)C. The Balaban J connectivity index is 2.96. The average Bonchev–Trinajstić information content (AvgIpc) is 2.56. The molecule has 1 aromatic rings. The average molecular weight is 244 g/mol. The van der Waals surface area contributed by atoms with Gasteiger partial charge in [-0.15, -0.1) is 21.8 Å². The third kappa shape index (κ3) is 3.21. The molecule has 0 aromatic carbocycles. The summed E-state index contributed by atoms with van der Waals surface area (Å²) >= 11 is 5.89. The van der Waals surface area contributed by atoms with Crippen molar-refractivity contribution in [2.45, 2.75) is 58.9 Å². The first-order valence-electron chi connectivity index (χ1n) is 5.86. The molecule has 0 aliphatic rings. The molecule has 0 aliphatic heterocycles. The van der Waals surface area contributed by atoms with E-state index in [-0.39, 0.29) is 5.54 Å². The van der Waals surface area contributed by atoms with Gasteiger partial charge in [-0.25, -0.2) is 0 Å². The molecule has 0 aliphatic carbocycles. The van der Waals surface area contributed by atoms with Crippen LogP contribution in [-0.4, -0.2) is 14.8 Å². The number of halogens is 1. The molecular weight excluding hydrogens is 222 g/mol. The van der Waals surface area contributed by atoms with Crippen LogP contribution in [0.1, 0.15) is 52.7 Å². The maximum Gasteiger partial charge on any atom is 0.148 e. The normalized spacial score (nSPS) is 12.4. The van der Waals surface area contributed by atoms with Crippen LogP contribution in [0.5, 0.6) is 0 Å². The van der Waals surface area contributed by atoms with E-state index < -0.39 is 0 Å². The summed E-state index contributed by atoms with van der Waals surface area (Å²) in [5, 5.41) is 8.41. The van der Waals surface area contributed by atoms with E-state index in [1.807, 2.05) is 0 Å². The predicted molar refractivity (Wildman–Crippen MR) is 67.7 cm³/mol. The van der Waals surface area contributed by atoms with E-state index in [0.29, 0.717) is 11.8 Å². The molecule has 16 heavy (non-hydrogen) atoms. The third-order valence-corrected chi connectivity index (χ3v) is 2.77. The number of aryl methyl sites for hydroxylation is 1. The highest BCUT2D eigenvalue weighted by Crippen LogP contribution is 2.21. The van der Waals surface area contributed by atoms with Crippen LogP contribution in [0.25, 0.3) is 0 Å². The Hall–Kier alpha value is -0.570. The molecule has 0 radical (unpaired) electrons. The van der Waals surface area contributed by atoms with Crippen molar-refractivity contribution in [2.75, 3.05) is 0 Å². The highest BCUT2D eigenvalue weighted by molar-refractivity contribution is 6.16. The van der Waals surface area contributed by atoms with Gasteiger partial charge in [0.2, 0.25) is 0 Å². The number of hydrogen-bond donors (Lipinski definition) is 0. The molecule has 92 valence electrons. The summed E-state index contributed by atoms with van der Waals surface area (Å²) in [4.78, 5) is 0. The number of alkyl halides is 1. The van der Waals surface area contributed by atoms with Gasteiger partial charge in [0.25, 0.3) is 0 Å². The Kier molecular flexibility index (Phi) is 4.36. The van der Waals surface area contributed by atoms with Crippen molar-refractivity contribution in [3.8, 4) is 0 Å². The lowest BCUT2D eigenvalue weighted by Gasteiger charge is -2.24. The Morgan fingerprint density at radius 3 is 2.19 bits per heavy atom. The first-order chi connectivity index (χ1) is 7.36. The second-order valence-corrected chi connectivity index (χ2v) is 5.87. The molecule has 0 N–H and O–H groups in total. The standard InChI is InChI=1S/C12H22ClN3/c1-9(2)6-7-10-14-15-11(8-13)16(10)12(3,4)5/h9H,6-8H2,1-5H3. The Labute approximate surface area is 103 Å². The third-order valence-electron chi connectivity index (χ3n) is 2.53. The minimum atomic E-state index is 0.0000359. The quantitative estimate of drug-likeness (QED) is 0.760. The topological polar surface area (TPSA) is 30.7 Å². The van der Waals surface area contributed by atoms with Crippen molar-refractivity contribution >= 4 is 11.6 Å². The molecule has 0 spiro atoms. The Morgan fingerprint density at radius 1 is 1.19 bits per heavy atom. The van der Waals surface area contributed by atoms with Crippen LogP contribution in [-0.2, 0) is 17.8 Å². The molecule has 0 amide bonds. The molecule has 0 atom stereocenters. The van der Waals surface area contributed by atoms with Crippen molar-refractivity contribution in [3.63, 3.8) is 0 Å². The van der Waals surface area contributed by atoms with Crippen LogP contribution in [0.4, 0.5) is 0 Å². The minimum Gasteiger partial charge on any atom is -0.309 e.